The first kappa shape index (κ1) is 26.0. The predicted octanol–water partition coefficient (Wildman–Crippen LogP) is 12.9. The zero-order chi connectivity index (χ0) is 38.4. The van der Waals surface area contributed by atoms with Gasteiger partial charge < -0.3 is 8.83 Å². The van der Waals surface area contributed by atoms with E-state index in [0.717, 1.165) is 79.0 Å². The van der Waals surface area contributed by atoms with Gasteiger partial charge in [0.2, 0.25) is 0 Å². The normalized spacial score (nSPS) is 14.1. The molecule has 1 fully saturated rings. The fourth-order valence-electron chi connectivity index (χ4n) is 7.36. The Hall–Kier alpha value is -6.85. The monoisotopic (exact) mass is 685 g/mol. The lowest BCUT2D eigenvalue weighted by atomic mass is 9.97. The van der Waals surface area contributed by atoms with Crippen LogP contribution in [0, 0.1) is 0 Å². The Morgan fingerprint density at radius 3 is 1.66 bits per heavy atom. The molecule has 1 aliphatic carbocycles. The Bertz CT molecular complexity index is 3210. The van der Waals surface area contributed by atoms with Crippen molar-refractivity contribution in [1.29, 1.82) is 0 Å². The van der Waals surface area contributed by atoms with Crippen LogP contribution >= 0.6 is 0 Å². The summed E-state index contributed by atoms with van der Waals surface area (Å²) < 4.78 is 47.4. The smallest absolute Gasteiger partial charge is 0.164 e. The van der Waals surface area contributed by atoms with Gasteiger partial charge in [-0.3, -0.25) is 0 Å². The maximum absolute atomic E-state index is 8.76. The first-order valence-corrected chi connectivity index (χ1v) is 17.8. The van der Waals surface area contributed by atoms with Gasteiger partial charge in [-0.1, -0.05) is 127 Å². The van der Waals surface area contributed by atoms with E-state index in [4.69, 9.17) is 29.3 Å². The minimum Gasteiger partial charge on any atom is -0.456 e. The molecule has 3 aromatic heterocycles. The molecule has 3 heterocycles. The highest BCUT2D eigenvalue weighted by Crippen LogP contribution is 2.42. The predicted molar refractivity (Wildman–Crippen MR) is 214 cm³/mol. The fourth-order valence-corrected chi connectivity index (χ4v) is 7.36. The average molecular weight is 686 g/mol. The minimum absolute atomic E-state index is 0.0103. The van der Waals surface area contributed by atoms with Crippen molar-refractivity contribution in [2.45, 2.75) is 18.8 Å². The molecule has 250 valence electrons. The van der Waals surface area contributed by atoms with Crippen LogP contribution in [-0.4, -0.2) is 15.0 Å². The van der Waals surface area contributed by atoms with E-state index in [1.54, 1.807) is 0 Å². The van der Waals surface area contributed by atoms with E-state index >= 15 is 0 Å². The lowest BCUT2D eigenvalue weighted by Crippen LogP contribution is -2.00. The van der Waals surface area contributed by atoms with Crippen LogP contribution in [0.2, 0.25) is 0 Å². The van der Waals surface area contributed by atoms with Crippen LogP contribution < -0.4 is 0 Å². The highest BCUT2D eigenvalue weighted by Gasteiger charge is 2.23. The number of nitrogens with zero attached hydrogens (tertiary/aromatic N) is 3. The summed E-state index contributed by atoms with van der Waals surface area (Å²) in [7, 11) is 0. The van der Waals surface area contributed by atoms with Crippen molar-refractivity contribution in [2.24, 2.45) is 0 Å². The summed E-state index contributed by atoms with van der Waals surface area (Å²) in [6.45, 7) is 0. The number of para-hydroxylation sites is 1. The molecule has 10 aromatic rings. The van der Waals surface area contributed by atoms with Gasteiger partial charge in [0.1, 0.15) is 22.3 Å². The van der Waals surface area contributed by atoms with Crippen molar-refractivity contribution in [3.8, 4) is 56.4 Å². The van der Waals surface area contributed by atoms with Gasteiger partial charge in [0.05, 0.1) is 5.48 Å². The van der Waals surface area contributed by atoms with E-state index in [9.17, 15) is 0 Å². The van der Waals surface area contributed by atoms with Crippen LogP contribution in [-0.2, 0) is 0 Å². The van der Waals surface area contributed by atoms with Crippen molar-refractivity contribution in [2.75, 3.05) is 0 Å². The Morgan fingerprint density at radius 2 is 0.981 bits per heavy atom. The summed E-state index contributed by atoms with van der Waals surface area (Å²) in [5.41, 5.74) is 8.92. The second-order valence-corrected chi connectivity index (χ2v) is 13.6. The van der Waals surface area contributed by atoms with Crippen LogP contribution in [0.4, 0.5) is 0 Å². The number of aromatic nitrogens is 3. The van der Waals surface area contributed by atoms with Gasteiger partial charge in [-0.25, -0.2) is 15.0 Å². The van der Waals surface area contributed by atoms with E-state index in [-0.39, 0.29) is 30.1 Å². The third kappa shape index (κ3) is 5.12. The number of furan rings is 2. The molecule has 0 aliphatic heterocycles. The SMILES string of the molecule is [2H]c1c([2H])c(C2CC2)c([2H])c([2H])c1-c1ccc(-c2ccc3oc4cccc(-c5nc(-c6ccccc6)nc(-c6cccc7oc8ccccc8c67)n5)c4c3c2)cc1. The molecule has 1 saturated carbocycles. The maximum atomic E-state index is 8.76. The van der Waals surface area contributed by atoms with E-state index < -0.39 is 0 Å². The molecule has 0 N–H and O–H groups in total. The van der Waals surface area contributed by atoms with Crippen molar-refractivity contribution in [1.82, 2.24) is 15.0 Å². The molecular weight excluding hydrogens is 651 g/mol. The number of fused-ring (bicyclic) bond motifs is 6. The van der Waals surface area contributed by atoms with Crippen LogP contribution in [0.5, 0.6) is 0 Å². The number of hydrogen-bond acceptors (Lipinski definition) is 5. The van der Waals surface area contributed by atoms with Crippen LogP contribution in [0.1, 0.15) is 29.8 Å². The lowest BCUT2D eigenvalue weighted by molar-refractivity contribution is 0.668. The van der Waals surface area contributed by atoms with Gasteiger partial charge in [-0.2, -0.15) is 0 Å². The molecule has 7 aromatic carbocycles. The van der Waals surface area contributed by atoms with Gasteiger partial charge in [0.15, 0.2) is 17.5 Å². The Morgan fingerprint density at radius 1 is 0.434 bits per heavy atom. The van der Waals surface area contributed by atoms with Crippen molar-refractivity contribution in [3.63, 3.8) is 0 Å². The van der Waals surface area contributed by atoms with E-state index in [1.165, 1.54) is 0 Å². The molecule has 0 radical (unpaired) electrons. The van der Waals surface area contributed by atoms with Crippen LogP contribution in [0.3, 0.4) is 0 Å². The molecule has 0 spiro atoms. The van der Waals surface area contributed by atoms with Crippen molar-refractivity contribution >= 4 is 43.9 Å². The van der Waals surface area contributed by atoms with Crippen molar-refractivity contribution < 1.29 is 14.3 Å². The summed E-state index contributed by atoms with van der Waals surface area (Å²) >= 11 is 0. The maximum Gasteiger partial charge on any atom is 0.164 e. The minimum atomic E-state index is 0.0103. The van der Waals surface area contributed by atoms with Gasteiger partial charge in [0.25, 0.3) is 0 Å². The first-order valence-electron chi connectivity index (χ1n) is 19.8. The first-order chi connectivity index (χ1) is 27.9. The summed E-state index contributed by atoms with van der Waals surface area (Å²) in [5.74, 6) is 1.72. The summed E-state index contributed by atoms with van der Waals surface area (Å²) in [6, 6.07) is 43.7. The molecule has 53 heavy (non-hydrogen) atoms. The molecule has 0 saturated heterocycles. The second kappa shape index (κ2) is 11.9. The summed E-state index contributed by atoms with van der Waals surface area (Å²) in [6.07, 6.45) is 1.82. The van der Waals surface area contributed by atoms with Gasteiger partial charge in [-0.15, -0.1) is 0 Å². The fraction of sp³-hybridized carbons (Fsp3) is 0.0625. The highest BCUT2D eigenvalue weighted by atomic mass is 16.3. The zero-order valence-corrected chi connectivity index (χ0v) is 28.4. The van der Waals surface area contributed by atoms with Gasteiger partial charge in [0, 0.05) is 38.2 Å². The molecular formula is C48H31N3O2. The van der Waals surface area contributed by atoms with E-state index in [0.29, 0.717) is 39.7 Å². The molecule has 0 unspecified atom stereocenters. The van der Waals surface area contributed by atoms with Crippen LogP contribution in [0.25, 0.3) is 100 Å². The average Bonchev–Trinajstić information content (AvgIpc) is 3.91. The Kier molecular flexibility index (Phi) is 5.82. The topological polar surface area (TPSA) is 65.0 Å². The third-order valence-electron chi connectivity index (χ3n) is 10.2. The van der Waals surface area contributed by atoms with Gasteiger partial charge in [-0.05, 0) is 76.9 Å². The zero-order valence-electron chi connectivity index (χ0n) is 32.4. The number of benzene rings is 7. The molecule has 5 heteroatoms. The number of hydrogen-bond donors (Lipinski definition) is 0. The van der Waals surface area contributed by atoms with Crippen molar-refractivity contribution in [3.05, 3.63) is 163 Å². The second-order valence-electron chi connectivity index (χ2n) is 13.6. The Balaban J connectivity index is 1.05. The molecule has 1 aliphatic rings. The van der Waals surface area contributed by atoms with E-state index in [2.05, 4.69) is 12.1 Å². The largest absolute Gasteiger partial charge is 0.456 e. The van der Waals surface area contributed by atoms with Crippen LogP contribution in [0.15, 0.2) is 166 Å². The Labute approximate surface area is 310 Å². The highest BCUT2D eigenvalue weighted by molar-refractivity contribution is 6.14. The quantitative estimate of drug-likeness (QED) is 0.174. The molecule has 0 amide bonds. The van der Waals surface area contributed by atoms with E-state index in [1.807, 2.05) is 121 Å². The molecule has 0 atom stereocenters. The molecule has 0 bridgehead atoms. The summed E-state index contributed by atoms with van der Waals surface area (Å²) in [4.78, 5) is 15.3. The summed E-state index contributed by atoms with van der Waals surface area (Å²) in [5, 5.41) is 3.72. The molecule has 5 nitrogen and oxygen atoms in total. The van der Waals surface area contributed by atoms with Gasteiger partial charge >= 0.3 is 0 Å². The number of rotatable bonds is 6. The lowest BCUT2D eigenvalue weighted by Gasteiger charge is -2.10. The standard InChI is InChI=1S/C48H31N3O2/c1-2-8-34(9-3-1)46-49-47(37-11-6-14-42-44(37)36-10-4-5-13-40(36)52-42)51-48(50-46)38-12-7-15-43-45(38)39-28-35(26-27-41(39)53-43)33-24-22-32(23-25-33)31-20-18-30(19-21-31)29-16-17-29/h1-15,18-29H,16-17H2/i18D,19D,20D,21D. The molecule has 11 rings (SSSR count). The third-order valence-corrected chi connectivity index (χ3v) is 10.2.